The molecule has 2 bridgehead atoms. The molecule has 2 aromatic rings. The molecule has 0 radical (unpaired) electrons. The van der Waals surface area contributed by atoms with E-state index in [1.54, 1.807) is 4.90 Å². The minimum atomic E-state index is -0.923. The number of carbonyl (C=O) groups excluding carboxylic acids is 1. The average Bonchev–Trinajstić information content (AvgIpc) is 2.76. The van der Waals surface area contributed by atoms with Crippen LogP contribution in [0.25, 0.3) is 5.57 Å². The maximum atomic E-state index is 12.1. The number of hydrogen-bond acceptors (Lipinski definition) is 4. The van der Waals surface area contributed by atoms with Gasteiger partial charge in [-0.1, -0.05) is 30.3 Å². The Labute approximate surface area is 195 Å². The zero-order valence-electron chi connectivity index (χ0n) is 19.8. The quantitative estimate of drug-likeness (QED) is 0.705. The van der Waals surface area contributed by atoms with Crippen molar-refractivity contribution in [2.24, 2.45) is 0 Å². The number of nitrogens with one attached hydrogen (secondary N) is 1. The number of fused-ring (bicyclic) bond motifs is 2. The summed E-state index contributed by atoms with van der Waals surface area (Å²) in [6.45, 7) is 9.37. The number of hydrogen-bond donors (Lipinski definition) is 2. The minimum absolute atomic E-state index is 0.0118. The highest BCUT2D eigenvalue weighted by Crippen LogP contribution is 2.33. The van der Waals surface area contributed by atoms with Gasteiger partial charge in [0.2, 0.25) is 5.91 Å². The van der Waals surface area contributed by atoms with Crippen molar-refractivity contribution in [3.63, 3.8) is 0 Å². The standard InChI is InChI=1S/C27H32N2O4/c1-16-11-17(2)18(3)25(12-16)33-10-9-20-5-7-21(8-6-20)23-13-22-14-29(19(4)30)15-24(28-22)26(23)27(31)32/h5-8,11-12,22,24,28H,9-10,13-15H2,1-4H3,(H,31,32)/t22?,24-/m1/s1. The van der Waals surface area contributed by atoms with Gasteiger partial charge in [0.05, 0.1) is 18.2 Å². The molecule has 6 heteroatoms. The third-order valence-corrected chi connectivity index (χ3v) is 6.80. The van der Waals surface area contributed by atoms with Gasteiger partial charge in [0, 0.05) is 32.5 Å². The number of ether oxygens (including phenoxy) is 1. The van der Waals surface area contributed by atoms with Crippen molar-refractivity contribution in [1.82, 2.24) is 10.2 Å². The lowest BCUT2D eigenvalue weighted by atomic mass is 9.83. The summed E-state index contributed by atoms with van der Waals surface area (Å²) in [5.41, 5.74) is 6.92. The Kier molecular flexibility index (Phi) is 6.56. The smallest absolute Gasteiger partial charge is 0.333 e. The van der Waals surface area contributed by atoms with Crippen molar-refractivity contribution >= 4 is 17.4 Å². The summed E-state index contributed by atoms with van der Waals surface area (Å²) in [7, 11) is 0. The number of amides is 1. The van der Waals surface area contributed by atoms with Crippen LogP contribution in [0.4, 0.5) is 0 Å². The van der Waals surface area contributed by atoms with Crippen molar-refractivity contribution in [2.75, 3.05) is 19.7 Å². The molecule has 1 saturated heterocycles. The zero-order chi connectivity index (χ0) is 23.7. The maximum Gasteiger partial charge on any atom is 0.333 e. The van der Waals surface area contributed by atoms with Crippen LogP contribution in [0.1, 0.15) is 41.2 Å². The molecule has 0 spiro atoms. The largest absolute Gasteiger partial charge is 0.493 e. The monoisotopic (exact) mass is 448 g/mol. The molecule has 0 aromatic heterocycles. The molecule has 2 N–H and O–H groups in total. The molecular weight excluding hydrogens is 416 g/mol. The van der Waals surface area contributed by atoms with Crippen LogP contribution in [0, 0.1) is 20.8 Å². The Morgan fingerprint density at radius 3 is 2.52 bits per heavy atom. The Balaban J connectivity index is 1.48. The highest BCUT2D eigenvalue weighted by atomic mass is 16.5. The van der Waals surface area contributed by atoms with Crippen molar-refractivity contribution < 1.29 is 19.4 Å². The van der Waals surface area contributed by atoms with E-state index < -0.39 is 5.97 Å². The first-order valence-corrected chi connectivity index (χ1v) is 11.5. The molecule has 2 heterocycles. The molecule has 0 saturated carbocycles. The fraction of sp³-hybridized carbons (Fsp3) is 0.407. The third kappa shape index (κ3) is 4.96. The predicted molar refractivity (Wildman–Crippen MR) is 128 cm³/mol. The normalized spacial score (nSPS) is 20.1. The lowest BCUT2D eigenvalue weighted by molar-refractivity contribution is -0.135. The van der Waals surface area contributed by atoms with E-state index in [1.165, 1.54) is 23.6 Å². The number of nitrogens with zero attached hydrogens (tertiary/aromatic N) is 1. The topological polar surface area (TPSA) is 78.9 Å². The lowest BCUT2D eigenvalue weighted by Crippen LogP contribution is -2.61. The van der Waals surface area contributed by atoms with Gasteiger partial charge in [-0.3, -0.25) is 4.79 Å². The van der Waals surface area contributed by atoms with Gasteiger partial charge in [-0.15, -0.1) is 0 Å². The lowest BCUT2D eigenvalue weighted by Gasteiger charge is -2.43. The molecule has 2 aliphatic heterocycles. The van der Waals surface area contributed by atoms with Crippen LogP contribution in [0.15, 0.2) is 42.0 Å². The van der Waals surface area contributed by atoms with Crippen LogP contribution in [-0.2, 0) is 16.0 Å². The predicted octanol–water partition coefficient (Wildman–Crippen LogP) is 3.66. The summed E-state index contributed by atoms with van der Waals surface area (Å²) in [4.78, 5) is 25.7. The maximum absolute atomic E-state index is 12.1. The van der Waals surface area contributed by atoms with Gasteiger partial charge in [0.25, 0.3) is 0 Å². The molecule has 0 aliphatic carbocycles. The van der Waals surface area contributed by atoms with E-state index in [9.17, 15) is 14.7 Å². The van der Waals surface area contributed by atoms with Gasteiger partial charge in [-0.2, -0.15) is 0 Å². The SMILES string of the molecule is CC(=O)N1CC2CC(c3ccc(CCOc4cc(C)cc(C)c4C)cc3)=C(C(=O)O)[C@@H](C1)N2. The van der Waals surface area contributed by atoms with E-state index in [-0.39, 0.29) is 18.0 Å². The fourth-order valence-corrected chi connectivity index (χ4v) is 4.93. The Bertz CT molecular complexity index is 1100. The first-order valence-electron chi connectivity index (χ1n) is 11.5. The first kappa shape index (κ1) is 23.1. The zero-order valence-corrected chi connectivity index (χ0v) is 19.8. The number of carboxylic acid groups (broad SMARTS) is 1. The first-order chi connectivity index (χ1) is 15.7. The summed E-state index contributed by atoms with van der Waals surface area (Å²) in [6.07, 6.45) is 1.37. The number of carboxylic acids is 1. The number of aryl methyl sites for hydroxylation is 2. The molecule has 4 rings (SSSR count). The average molecular weight is 449 g/mol. The van der Waals surface area contributed by atoms with Crippen molar-refractivity contribution in [3.8, 4) is 5.75 Å². The minimum Gasteiger partial charge on any atom is -0.493 e. The van der Waals surface area contributed by atoms with Gasteiger partial charge in [-0.05, 0) is 66.6 Å². The summed E-state index contributed by atoms with van der Waals surface area (Å²) in [5.74, 6) is -0.00356. The van der Waals surface area contributed by atoms with Crippen LogP contribution in [0.2, 0.25) is 0 Å². The molecule has 6 nitrogen and oxygen atoms in total. The van der Waals surface area contributed by atoms with E-state index in [4.69, 9.17) is 4.74 Å². The third-order valence-electron chi connectivity index (χ3n) is 6.80. The number of rotatable bonds is 6. The Hall–Kier alpha value is -3.12. The second kappa shape index (κ2) is 9.40. The van der Waals surface area contributed by atoms with Gasteiger partial charge in [0.1, 0.15) is 5.75 Å². The van der Waals surface area contributed by atoms with Crippen molar-refractivity contribution in [3.05, 3.63) is 69.8 Å². The fourth-order valence-electron chi connectivity index (χ4n) is 4.93. The van der Waals surface area contributed by atoms with E-state index in [2.05, 4.69) is 50.4 Å². The molecule has 174 valence electrons. The van der Waals surface area contributed by atoms with Crippen molar-refractivity contribution in [2.45, 2.75) is 52.6 Å². The Morgan fingerprint density at radius 1 is 1.12 bits per heavy atom. The number of carbonyl (C=O) groups is 2. The summed E-state index contributed by atoms with van der Waals surface area (Å²) >= 11 is 0. The van der Waals surface area contributed by atoms with Crippen LogP contribution < -0.4 is 10.1 Å². The van der Waals surface area contributed by atoms with E-state index >= 15 is 0 Å². The second-order valence-electron chi connectivity index (χ2n) is 9.24. The number of benzene rings is 2. The molecule has 1 amide bonds. The molecule has 1 unspecified atom stereocenters. The molecule has 2 aromatic carbocycles. The number of aliphatic carboxylic acids is 1. The molecule has 33 heavy (non-hydrogen) atoms. The number of piperazine rings is 1. The highest BCUT2D eigenvalue weighted by Gasteiger charge is 2.38. The molecule has 2 aliphatic rings. The van der Waals surface area contributed by atoms with Gasteiger partial charge >= 0.3 is 5.97 Å². The van der Waals surface area contributed by atoms with Gasteiger partial charge in [0.15, 0.2) is 0 Å². The van der Waals surface area contributed by atoms with Crippen LogP contribution in [0.3, 0.4) is 0 Å². The molecular formula is C27H32N2O4. The summed E-state index contributed by atoms with van der Waals surface area (Å²) in [5, 5.41) is 13.3. The second-order valence-corrected chi connectivity index (χ2v) is 9.24. The molecule has 2 atom stereocenters. The summed E-state index contributed by atoms with van der Waals surface area (Å²) in [6, 6.07) is 12.1. The van der Waals surface area contributed by atoms with Crippen LogP contribution >= 0.6 is 0 Å². The Morgan fingerprint density at radius 2 is 1.85 bits per heavy atom. The highest BCUT2D eigenvalue weighted by molar-refractivity contribution is 5.98. The summed E-state index contributed by atoms with van der Waals surface area (Å²) < 4.78 is 6.05. The van der Waals surface area contributed by atoms with E-state index in [1.807, 2.05) is 12.1 Å². The van der Waals surface area contributed by atoms with E-state index in [0.29, 0.717) is 31.7 Å². The van der Waals surface area contributed by atoms with Gasteiger partial charge < -0.3 is 20.1 Å². The van der Waals surface area contributed by atoms with E-state index in [0.717, 1.165) is 28.9 Å². The van der Waals surface area contributed by atoms with Crippen molar-refractivity contribution in [1.29, 1.82) is 0 Å². The van der Waals surface area contributed by atoms with Gasteiger partial charge in [-0.25, -0.2) is 4.79 Å². The molecule has 1 fully saturated rings. The van der Waals surface area contributed by atoms with Crippen LogP contribution in [-0.4, -0.2) is 53.7 Å². The van der Waals surface area contributed by atoms with Crippen LogP contribution in [0.5, 0.6) is 5.75 Å².